The second kappa shape index (κ2) is 6.90. The van der Waals surface area contributed by atoms with Crippen molar-refractivity contribution in [1.82, 2.24) is 15.3 Å². The lowest BCUT2D eigenvalue weighted by atomic mass is 10.1. The minimum absolute atomic E-state index is 0.0707. The van der Waals surface area contributed by atoms with Gasteiger partial charge < -0.3 is 5.32 Å². The summed E-state index contributed by atoms with van der Waals surface area (Å²) < 4.78 is 38.4. The van der Waals surface area contributed by atoms with Crippen LogP contribution in [0.4, 0.5) is 13.2 Å². The van der Waals surface area contributed by atoms with E-state index in [9.17, 15) is 18.0 Å². The summed E-state index contributed by atoms with van der Waals surface area (Å²) in [6.07, 6.45) is -4.37. The fraction of sp³-hybridized carbons (Fsp3) is 0.316. The number of aryl methyl sites for hydroxylation is 1. The van der Waals surface area contributed by atoms with Crippen LogP contribution in [-0.2, 0) is 17.4 Å². The van der Waals surface area contributed by atoms with Gasteiger partial charge in [0.2, 0.25) is 5.91 Å². The van der Waals surface area contributed by atoms with Crippen molar-refractivity contribution in [2.24, 2.45) is 5.92 Å². The predicted octanol–water partition coefficient (Wildman–Crippen LogP) is 3.57. The Morgan fingerprint density at radius 3 is 2.50 bits per heavy atom. The van der Waals surface area contributed by atoms with Crippen molar-refractivity contribution in [3.63, 3.8) is 0 Å². The van der Waals surface area contributed by atoms with Gasteiger partial charge in [0.1, 0.15) is 11.5 Å². The van der Waals surface area contributed by atoms with Crippen molar-refractivity contribution in [2.45, 2.75) is 26.4 Å². The zero-order valence-electron chi connectivity index (χ0n) is 14.4. The summed E-state index contributed by atoms with van der Waals surface area (Å²) in [5.41, 5.74) is 2.33. The van der Waals surface area contributed by atoms with Crippen molar-refractivity contribution >= 4 is 11.5 Å². The van der Waals surface area contributed by atoms with Crippen LogP contribution in [0.15, 0.2) is 42.0 Å². The van der Waals surface area contributed by atoms with Gasteiger partial charge in [-0.1, -0.05) is 35.9 Å². The first-order chi connectivity index (χ1) is 12.3. The number of benzene rings is 1. The molecule has 1 unspecified atom stereocenters. The molecule has 1 aromatic heterocycles. The summed E-state index contributed by atoms with van der Waals surface area (Å²) in [7, 11) is 0. The second-order valence-corrected chi connectivity index (χ2v) is 6.25. The van der Waals surface area contributed by atoms with Gasteiger partial charge >= 0.3 is 6.18 Å². The van der Waals surface area contributed by atoms with Crippen molar-refractivity contribution in [1.29, 1.82) is 0 Å². The lowest BCUT2D eigenvalue weighted by molar-refractivity contribution is -0.141. The van der Waals surface area contributed by atoms with Crippen LogP contribution in [0.25, 0.3) is 5.57 Å². The second-order valence-electron chi connectivity index (χ2n) is 6.25. The summed E-state index contributed by atoms with van der Waals surface area (Å²) in [6.45, 7) is 3.58. The molecular formula is C19H18F3N3O. The summed E-state index contributed by atoms with van der Waals surface area (Å²) in [6, 6.07) is 10.5. The summed E-state index contributed by atoms with van der Waals surface area (Å²) in [5, 5.41) is 2.76. The van der Waals surface area contributed by atoms with E-state index in [1.165, 1.54) is 6.92 Å². The van der Waals surface area contributed by atoms with Crippen molar-refractivity contribution in [3.05, 3.63) is 64.7 Å². The van der Waals surface area contributed by atoms with Crippen molar-refractivity contribution in [2.75, 3.05) is 6.54 Å². The molecule has 0 radical (unpaired) electrons. The van der Waals surface area contributed by atoms with Gasteiger partial charge in [0.05, 0.1) is 5.92 Å². The van der Waals surface area contributed by atoms with E-state index >= 15 is 0 Å². The number of alkyl halides is 3. The van der Waals surface area contributed by atoms with Crippen LogP contribution >= 0.6 is 0 Å². The first-order valence-corrected chi connectivity index (χ1v) is 8.23. The lowest BCUT2D eigenvalue weighted by Gasteiger charge is -2.09. The monoisotopic (exact) mass is 361 g/mol. The van der Waals surface area contributed by atoms with Crippen LogP contribution in [0, 0.1) is 12.8 Å². The maximum atomic E-state index is 12.8. The van der Waals surface area contributed by atoms with Crippen LogP contribution in [-0.4, -0.2) is 22.4 Å². The third-order valence-electron chi connectivity index (χ3n) is 4.25. The first kappa shape index (κ1) is 18.1. The summed E-state index contributed by atoms with van der Waals surface area (Å²) in [5.74, 6) is -0.340. The summed E-state index contributed by atoms with van der Waals surface area (Å²) >= 11 is 0. The SMILES string of the molecule is CC1=C(c2ccccc2)C1C(=O)NCCc1nc(C)cc(C(F)(F)F)n1. The third-order valence-corrected chi connectivity index (χ3v) is 4.25. The number of carbonyl (C=O) groups is 1. The minimum Gasteiger partial charge on any atom is -0.355 e. The Morgan fingerprint density at radius 2 is 1.85 bits per heavy atom. The van der Waals surface area contributed by atoms with E-state index in [4.69, 9.17) is 0 Å². The molecular weight excluding hydrogens is 343 g/mol. The molecule has 1 N–H and O–H groups in total. The van der Waals surface area contributed by atoms with Crippen LogP contribution in [0.1, 0.15) is 29.7 Å². The molecule has 1 heterocycles. The number of aromatic nitrogens is 2. The van der Waals surface area contributed by atoms with Gasteiger partial charge in [0, 0.05) is 18.7 Å². The molecule has 7 heteroatoms. The van der Waals surface area contributed by atoms with Gasteiger partial charge in [0.25, 0.3) is 0 Å². The molecule has 0 saturated heterocycles. The molecule has 0 bridgehead atoms. The largest absolute Gasteiger partial charge is 0.433 e. The van der Waals surface area contributed by atoms with Crippen molar-refractivity contribution < 1.29 is 18.0 Å². The van der Waals surface area contributed by atoms with Crippen LogP contribution in [0.3, 0.4) is 0 Å². The number of hydrogen-bond donors (Lipinski definition) is 1. The molecule has 136 valence electrons. The molecule has 0 saturated carbocycles. The normalized spacial score (nSPS) is 16.6. The Hall–Kier alpha value is -2.70. The molecule has 0 aliphatic heterocycles. The molecule has 0 spiro atoms. The quantitative estimate of drug-likeness (QED) is 0.886. The number of carbonyl (C=O) groups excluding carboxylic acids is 1. The zero-order valence-corrected chi connectivity index (χ0v) is 14.4. The number of halogens is 3. The molecule has 4 nitrogen and oxygen atoms in total. The van der Waals surface area contributed by atoms with Gasteiger partial charge in [-0.05, 0) is 31.1 Å². The van der Waals surface area contributed by atoms with E-state index < -0.39 is 11.9 Å². The predicted molar refractivity (Wildman–Crippen MR) is 91.0 cm³/mol. The zero-order chi connectivity index (χ0) is 18.9. The Morgan fingerprint density at radius 1 is 1.15 bits per heavy atom. The fourth-order valence-electron chi connectivity index (χ4n) is 2.96. The van der Waals surface area contributed by atoms with E-state index in [1.807, 2.05) is 37.3 Å². The van der Waals surface area contributed by atoms with E-state index in [2.05, 4.69) is 15.3 Å². The first-order valence-electron chi connectivity index (χ1n) is 8.23. The third kappa shape index (κ3) is 3.92. The highest BCUT2D eigenvalue weighted by atomic mass is 19.4. The van der Waals surface area contributed by atoms with E-state index in [1.54, 1.807) is 0 Å². The molecule has 0 fully saturated rings. The van der Waals surface area contributed by atoms with Crippen molar-refractivity contribution in [3.8, 4) is 0 Å². The number of rotatable bonds is 5. The van der Waals surface area contributed by atoms with Gasteiger partial charge in [-0.15, -0.1) is 0 Å². The maximum absolute atomic E-state index is 12.8. The van der Waals surface area contributed by atoms with E-state index in [0.29, 0.717) is 0 Å². The number of nitrogens with zero attached hydrogens (tertiary/aromatic N) is 2. The molecule has 3 rings (SSSR count). The highest BCUT2D eigenvalue weighted by molar-refractivity contribution is 6.05. The van der Waals surface area contributed by atoms with E-state index in [0.717, 1.165) is 22.8 Å². The topological polar surface area (TPSA) is 54.9 Å². The Labute approximate surface area is 149 Å². The molecule has 1 amide bonds. The van der Waals surface area contributed by atoms with Crippen LogP contribution in [0.5, 0.6) is 0 Å². The smallest absolute Gasteiger partial charge is 0.355 e. The van der Waals surface area contributed by atoms with Crippen LogP contribution < -0.4 is 5.32 Å². The molecule has 1 aromatic carbocycles. The Bertz CT molecular complexity index is 860. The number of hydrogen-bond acceptors (Lipinski definition) is 3. The molecule has 1 aliphatic rings. The Kier molecular flexibility index (Phi) is 4.80. The maximum Gasteiger partial charge on any atom is 0.433 e. The molecule has 1 aliphatic carbocycles. The Balaban J connectivity index is 1.56. The molecule has 2 aromatic rings. The fourth-order valence-corrected chi connectivity index (χ4v) is 2.96. The highest BCUT2D eigenvalue weighted by Crippen LogP contribution is 2.46. The summed E-state index contributed by atoms with van der Waals surface area (Å²) in [4.78, 5) is 19.9. The van der Waals surface area contributed by atoms with Crippen LogP contribution in [0.2, 0.25) is 0 Å². The van der Waals surface area contributed by atoms with Gasteiger partial charge in [-0.25, -0.2) is 9.97 Å². The lowest BCUT2D eigenvalue weighted by Crippen LogP contribution is -2.29. The van der Waals surface area contributed by atoms with Gasteiger partial charge in [-0.3, -0.25) is 4.79 Å². The minimum atomic E-state index is -4.51. The van der Waals surface area contributed by atoms with Gasteiger partial charge in [0.15, 0.2) is 0 Å². The average molecular weight is 361 g/mol. The molecule has 26 heavy (non-hydrogen) atoms. The van der Waals surface area contributed by atoms with Gasteiger partial charge in [-0.2, -0.15) is 13.2 Å². The highest BCUT2D eigenvalue weighted by Gasteiger charge is 2.39. The average Bonchev–Trinajstić information content (AvgIpc) is 3.25. The molecule has 1 atom stereocenters. The van der Waals surface area contributed by atoms with E-state index in [-0.39, 0.29) is 36.3 Å². The number of amides is 1. The number of nitrogens with one attached hydrogen (secondary N) is 1. The standard InChI is InChI=1S/C19H18F3N3O/c1-11-10-14(19(20,21)22)25-15(24-11)8-9-23-18(26)17-12(2)16(17)13-6-4-3-5-7-13/h3-7,10,17H,8-9H2,1-2H3,(H,23,26).